The van der Waals surface area contributed by atoms with Crippen LogP contribution in [0.5, 0.6) is 0 Å². The van der Waals surface area contributed by atoms with Gasteiger partial charge in [0.1, 0.15) is 0 Å². The number of rotatable bonds is 3. The molecule has 0 saturated heterocycles. The number of nitrogens with zero attached hydrogens (tertiary/aromatic N) is 1. The molecule has 1 amide bonds. The minimum absolute atomic E-state index is 0.0527. The topological polar surface area (TPSA) is 72.2 Å². The van der Waals surface area contributed by atoms with Crippen LogP contribution in [0.15, 0.2) is 36.4 Å². The number of nitro groups is 1. The van der Waals surface area contributed by atoms with Gasteiger partial charge in [0.15, 0.2) is 0 Å². The molecule has 0 atom stereocenters. The van der Waals surface area contributed by atoms with E-state index >= 15 is 0 Å². The monoisotopic (exact) mass is 284 g/mol. The molecule has 0 aromatic heterocycles. The molecule has 108 valence electrons. The molecule has 2 aromatic rings. The van der Waals surface area contributed by atoms with Gasteiger partial charge in [-0.15, -0.1) is 0 Å². The Morgan fingerprint density at radius 3 is 2.29 bits per heavy atom. The third kappa shape index (κ3) is 3.25. The van der Waals surface area contributed by atoms with Crippen LogP contribution in [-0.2, 0) is 0 Å². The smallest absolute Gasteiger partial charge is 0.273 e. The fourth-order valence-electron chi connectivity index (χ4n) is 2.31. The SMILES string of the molecule is Cc1cc(C)cc(NC(=O)c2cccc([N+](=O)[O-])c2C)c1. The molecule has 0 heterocycles. The summed E-state index contributed by atoms with van der Waals surface area (Å²) in [5.74, 6) is -0.346. The number of benzene rings is 2. The van der Waals surface area contributed by atoms with Crippen molar-refractivity contribution in [2.24, 2.45) is 0 Å². The Hall–Kier alpha value is -2.69. The van der Waals surface area contributed by atoms with Crippen LogP contribution in [0.3, 0.4) is 0 Å². The van der Waals surface area contributed by atoms with E-state index in [1.165, 1.54) is 12.1 Å². The van der Waals surface area contributed by atoms with Crippen molar-refractivity contribution in [1.82, 2.24) is 0 Å². The summed E-state index contributed by atoms with van der Waals surface area (Å²) in [6.07, 6.45) is 0. The summed E-state index contributed by atoms with van der Waals surface area (Å²) in [6, 6.07) is 10.2. The van der Waals surface area contributed by atoms with E-state index in [1.54, 1.807) is 13.0 Å². The lowest BCUT2D eigenvalue weighted by molar-refractivity contribution is -0.385. The van der Waals surface area contributed by atoms with Crippen molar-refractivity contribution in [3.63, 3.8) is 0 Å². The number of nitrogens with one attached hydrogen (secondary N) is 1. The molecular weight excluding hydrogens is 268 g/mol. The first-order valence-corrected chi connectivity index (χ1v) is 6.52. The Labute approximate surface area is 122 Å². The highest BCUT2D eigenvalue weighted by Crippen LogP contribution is 2.22. The molecule has 0 unspecified atom stereocenters. The number of hydrogen-bond acceptors (Lipinski definition) is 3. The summed E-state index contributed by atoms with van der Waals surface area (Å²) in [4.78, 5) is 22.7. The van der Waals surface area contributed by atoms with Crippen molar-refractivity contribution in [3.05, 3.63) is 68.8 Å². The highest BCUT2D eigenvalue weighted by molar-refractivity contribution is 6.05. The lowest BCUT2D eigenvalue weighted by Crippen LogP contribution is -2.14. The molecule has 0 spiro atoms. The lowest BCUT2D eigenvalue weighted by atomic mass is 10.1. The lowest BCUT2D eigenvalue weighted by Gasteiger charge is -2.09. The summed E-state index contributed by atoms with van der Waals surface area (Å²) in [6.45, 7) is 5.47. The third-order valence-electron chi connectivity index (χ3n) is 3.23. The summed E-state index contributed by atoms with van der Waals surface area (Å²) in [7, 11) is 0. The Bertz CT molecular complexity index is 703. The first-order chi connectivity index (χ1) is 9.88. The van der Waals surface area contributed by atoms with Crippen LogP contribution in [0, 0.1) is 30.9 Å². The predicted octanol–water partition coefficient (Wildman–Crippen LogP) is 3.77. The predicted molar refractivity (Wildman–Crippen MR) is 81.7 cm³/mol. The van der Waals surface area contributed by atoms with Gasteiger partial charge in [0.2, 0.25) is 0 Å². The number of aryl methyl sites for hydroxylation is 2. The van der Waals surface area contributed by atoms with Crippen LogP contribution >= 0.6 is 0 Å². The van der Waals surface area contributed by atoms with Crippen LogP contribution in [-0.4, -0.2) is 10.8 Å². The number of anilines is 1. The quantitative estimate of drug-likeness (QED) is 0.688. The van der Waals surface area contributed by atoms with Gasteiger partial charge in [-0.25, -0.2) is 0 Å². The normalized spacial score (nSPS) is 10.2. The Morgan fingerprint density at radius 2 is 1.71 bits per heavy atom. The van der Waals surface area contributed by atoms with Gasteiger partial charge < -0.3 is 5.32 Å². The molecule has 0 saturated carbocycles. The summed E-state index contributed by atoms with van der Waals surface area (Å²) >= 11 is 0. The Balaban J connectivity index is 2.33. The van der Waals surface area contributed by atoms with Crippen LogP contribution < -0.4 is 5.32 Å². The van der Waals surface area contributed by atoms with Gasteiger partial charge >= 0.3 is 0 Å². The molecular formula is C16H16N2O3. The molecule has 0 aliphatic carbocycles. The van der Waals surface area contributed by atoms with E-state index in [2.05, 4.69) is 5.32 Å². The summed E-state index contributed by atoms with van der Waals surface area (Å²) in [5, 5.41) is 13.7. The maximum absolute atomic E-state index is 12.3. The van der Waals surface area contributed by atoms with Crippen molar-refractivity contribution < 1.29 is 9.72 Å². The second kappa shape index (κ2) is 5.75. The molecule has 0 bridgehead atoms. The number of carbonyl (C=O) groups excluding carboxylic acids is 1. The summed E-state index contributed by atoms with van der Waals surface area (Å²) < 4.78 is 0. The second-order valence-corrected chi connectivity index (χ2v) is 5.04. The van der Waals surface area contributed by atoms with Gasteiger partial charge in [0.25, 0.3) is 11.6 Å². The van der Waals surface area contributed by atoms with Gasteiger partial charge in [-0.1, -0.05) is 12.1 Å². The number of carbonyl (C=O) groups is 1. The first kappa shape index (κ1) is 14.7. The van der Waals surface area contributed by atoms with E-state index in [9.17, 15) is 14.9 Å². The number of hydrogen-bond donors (Lipinski definition) is 1. The molecule has 5 heteroatoms. The van der Waals surface area contributed by atoms with E-state index in [4.69, 9.17) is 0 Å². The zero-order valence-electron chi connectivity index (χ0n) is 12.1. The van der Waals surface area contributed by atoms with Crippen molar-refractivity contribution in [1.29, 1.82) is 0 Å². The molecule has 2 aromatic carbocycles. The Kier molecular flexibility index (Phi) is 4.03. The molecule has 0 aliphatic rings. The zero-order valence-corrected chi connectivity index (χ0v) is 12.1. The van der Waals surface area contributed by atoms with E-state index in [-0.39, 0.29) is 11.6 Å². The average Bonchev–Trinajstić information content (AvgIpc) is 2.37. The third-order valence-corrected chi connectivity index (χ3v) is 3.23. The molecule has 0 aliphatic heterocycles. The fourth-order valence-corrected chi connectivity index (χ4v) is 2.31. The van der Waals surface area contributed by atoms with E-state index in [0.717, 1.165) is 11.1 Å². The standard InChI is InChI=1S/C16H16N2O3/c1-10-7-11(2)9-13(8-10)17-16(19)14-5-4-6-15(12(14)3)18(20)21/h4-9H,1-3H3,(H,17,19). The van der Waals surface area contributed by atoms with Gasteiger partial charge in [-0.2, -0.15) is 0 Å². The van der Waals surface area contributed by atoms with Crippen LogP contribution in [0.4, 0.5) is 11.4 Å². The van der Waals surface area contributed by atoms with E-state index in [0.29, 0.717) is 16.8 Å². The largest absolute Gasteiger partial charge is 0.322 e. The Morgan fingerprint density at radius 1 is 1.10 bits per heavy atom. The van der Waals surface area contributed by atoms with E-state index in [1.807, 2.05) is 32.0 Å². The maximum atomic E-state index is 12.3. The highest BCUT2D eigenvalue weighted by Gasteiger charge is 2.18. The second-order valence-electron chi connectivity index (χ2n) is 5.04. The minimum atomic E-state index is -0.483. The zero-order chi connectivity index (χ0) is 15.6. The van der Waals surface area contributed by atoms with Crippen molar-refractivity contribution >= 4 is 17.3 Å². The first-order valence-electron chi connectivity index (χ1n) is 6.52. The van der Waals surface area contributed by atoms with Gasteiger partial charge in [0, 0.05) is 22.9 Å². The van der Waals surface area contributed by atoms with Gasteiger partial charge in [-0.05, 0) is 50.1 Å². The number of nitro benzene ring substituents is 1. The van der Waals surface area contributed by atoms with Crippen molar-refractivity contribution in [2.75, 3.05) is 5.32 Å². The van der Waals surface area contributed by atoms with Gasteiger partial charge in [0.05, 0.1) is 4.92 Å². The minimum Gasteiger partial charge on any atom is -0.322 e. The summed E-state index contributed by atoms with van der Waals surface area (Å²) in [5.41, 5.74) is 3.39. The molecule has 0 fully saturated rings. The van der Waals surface area contributed by atoms with Crippen molar-refractivity contribution in [2.45, 2.75) is 20.8 Å². The van der Waals surface area contributed by atoms with Crippen molar-refractivity contribution in [3.8, 4) is 0 Å². The van der Waals surface area contributed by atoms with Crippen LogP contribution in [0.1, 0.15) is 27.0 Å². The molecule has 2 rings (SSSR count). The highest BCUT2D eigenvalue weighted by atomic mass is 16.6. The number of amides is 1. The molecule has 21 heavy (non-hydrogen) atoms. The fraction of sp³-hybridized carbons (Fsp3) is 0.188. The van der Waals surface area contributed by atoms with Crippen LogP contribution in [0.2, 0.25) is 0 Å². The molecule has 5 nitrogen and oxygen atoms in total. The molecule has 0 radical (unpaired) electrons. The molecule has 1 N–H and O–H groups in total. The van der Waals surface area contributed by atoms with E-state index < -0.39 is 4.92 Å². The van der Waals surface area contributed by atoms with Crippen LogP contribution in [0.25, 0.3) is 0 Å². The average molecular weight is 284 g/mol. The maximum Gasteiger partial charge on any atom is 0.273 e. The van der Waals surface area contributed by atoms with Gasteiger partial charge in [-0.3, -0.25) is 14.9 Å².